The van der Waals surface area contributed by atoms with E-state index in [-0.39, 0.29) is 29.8 Å². The number of amides is 1. The Kier molecular flexibility index (Phi) is 11.2. The highest BCUT2D eigenvalue weighted by molar-refractivity contribution is 8.00. The Bertz CT molecular complexity index is 2120. The van der Waals surface area contributed by atoms with E-state index in [9.17, 15) is 14.4 Å². The molecule has 7 heteroatoms. The highest BCUT2D eigenvalue weighted by Crippen LogP contribution is 2.49. The molecule has 1 N–H and O–H groups in total. The summed E-state index contributed by atoms with van der Waals surface area (Å²) in [7, 11) is 0. The van der Waals surface area contributed by atoms with Gasteiger partial charge in [0.15, 0.2) is 5.78 Å². The van der Waals surface area contributed by atoms with Gasteiger partial charge in [0.2, 0.25) is 0 Å². The first-order chi connectivity index (χ1) is 26.4. The highest BCUT2D eigenvalue weighted by atomic mass is 32.2. The summed E-state index contributed by atoms with van der Waals surface area (Å²) in [5.41, 5.74) is 7.88. The number of allylic oxidation sites excluding steroid dienone is 2. The van der Waals surface area contributed by atoms with E-state index in [1.807, 2.05) is 84.9 Å². The molecule has 54 heavy (non-hydrogen) atoms. The average Bonchev–Trinajstić information content (AvgIpc) is 3.54. The molecule has 268 valence electrons. The molecule has 0 fully saturated rings. The minimum Gasteiger partial charge on any atom is -0.449 e. The molecule has 1 aliphatic carbocycles. The number of esters is 1. The van der Waals surface area contributed by atoms with Crippen LogP contribution < -0.4 is 5.32 Å². The van der Waals surface area contributed by atoms with Crippen molar-refractivity contribution in [1.82, 2.24) is 5.32 Å². The number of carbonyl (C=O) groups excluding carboxylic acids is 3. The number of thioether (sulfide) groups is 1. The van der Waals surface area contributed by atoms with Crippen LogP contribution in [0.3, 0.4) is 0 Å². The smallest absolute Gasteiger partial charge is 0.407 e. The summed E-state index contributed by atoms with van der Waals surface area (Å²) in [5, 5.41) is 2.84. The minimum absolute atomic E-state index is 0.0846. The summed E-state index contributed by atoms with van der Waals surface area (Å²) in [4.78, 5) is 40.7. The molecule has 0 aliphatic heterocycles. The maximum Gasteiger partial charge on any atom is 0.407 e. The number of nitrogens with one attached hydrogen (secondary N) is 1. The van der Waals surface area contributed by atoms with Crippen LogP contribution in [0.15, 0.2) is 182 Å². The van der Waals surface area contributed by atoms with Crippen molar-refractivity contribution in [2.45, 2.75) is 23.6 Å². The van der Waals surface area contributed by atoms with E-state index in [1.54, 1.807) is 31.2 Å². The van der Waals surface area contributed by atoms with Gasteiger partial charge in [0.05, 0.1) is 4.75 Å². The van der Waals surface area contributed by atoms with Crippen LogP contribution >= 0.6 is 11.8 Å². The largest absolute Gasteiger partial charge is 0.449 e. The number of carbonyl (C=O) groups is 3. The van der Waals surface area contributed by atoms with Gasteiger partial charge >= 0.3 is 12.1 Å². The molecular formula is C47H39NO5S. The van der Waals surface area contributed by atoms with Gasteiger partial charge in [-0.15, -0.1) is 11.8 Å². The van der Waals surface area contributed by atoms with Gasteiger partial charge in [-0.25, -0.2) is 9.59 Å². The normalized spacial score (nSPS) is 12.9. The Morgan fingerprint density at radius 1 is 0.648 bits per heavy atom. The van der Waals surface area contributed by atoms with Crippen molar-refractivity contribution in [3.63, 3.8) is 0 Å². The summed E-state index contributed by atoms with van der Waals surface area (Å²) in [6.07, 6.45) is 0.540. The van der Waals surface area contributed by atoms with E-state index in [0.717, 1.165) is 38.9 Å². The highest BCUT2D eigenvalue weighted by Gasteiger charge is 2.39. The van der Waals surface area contributed by atoms with Gasteiger partial charge in [-0.05, 0) is 45.9 Å². The first-order valence-corrected chi connectivity index (χ1v) is 18.8. The number of hydrogen-bond acceptors (Lipinski definition) is 6. The fourth-order valence-electron chi connectivity index (χ4n) is 7.06. The summed E-state index contributed by atoms with van der Waals surface area (Å²) < 4.78 is 10.9. The van der Waals surface area contributed by atoms with Crippen molar-refractivity contribution in [2.24, 2.45) is 0 Å². The maximum absolute atomic E-state index is 14.1. The van der Waals surface area contributed by atoms with Crippen LogP contribution in [0.25, 0.3) is 11.1 Å². The van der Waals surface area contributed by atoms with E-state index < -0.39 is 22.9 Å². The fraction of sp³-hybridized carbons (Fsp3) is 0.128. The van der Waals surface area contributed by atoms with Gasteiger partial charge in [-0.2, -0.15) is 0 Å². The second-order valence-electron chi connectivity index (χ2n) is 13.0. The molecule has 6 nitrogen and oxygen atoms in total. The Balaban J connectivity index is 1.18. The summed E-state index contributed by atoms with van der Waals surface area (Å²) in [5.74, 6) is -0.944. The number of benzene rings is 6. The third kappa shape index (κ3) is 7.77. The Morgan fingerprint density at radius 2 is 1.09 bits per heavy atom. The molecule has 1 unspecified atom stereocenters. The molecule has 0 saturated heterocycles. The lowest BCUT2D eigenvalue weighted by molar-refractivity contribution is -0.141. The van der Waals surface area contributed by atoms with Crippen molar-refractivity contribution in [1.29, 1.82) is 0 Å². The first kappa shape index (κ1) is 36.2. The van der Waals surface area contributed by atoms with Crippen molar-refractivity contribution in [3.05, 3.63) is 215 Å². The van der Waals surface area contributed by atoms with E-state index in [2.05, 4.69) is 66.0 Å². The lowest BCUT2D eigenvalue weighted by Crippen LogP contribution is -2.45. The SMILES string of the molecule is C/C(=C\C(=O)c1ccccc1)OC(=O)C(CSC(c1ccccc1)(c1ccccc1)c1ccccc1)NC(=O)OCC1c2ccccc2-c2ccccc21. The van der Waals surface area contributed by atoms with E-state index >= 15 is 0 Å². The molecule has 1 atom stereocenters. The standard InChI is InChI=1S/C47H39NO5S/c1-33(30-44(49)34-18-6-2-7-19-34)53-45(50)43(48-46(51)52-31-42-40-28-16-14-26-38(40)39-27-15-17-29-41(39)42)32-54-47(35-20-8-3-9-21-35,36-22-10-4-11-23-36)37-24-12-5-13-25-37/h2-30,42-43H,31-32H2,1H3,(H,48,51)/b33-30+. The van der Waals surface area contributed by atoms with E-state index in [1.165, 1.54) is 17.8 Å². The molecule has 0 spiro atoms. The van der Waals surface area contributed by atoms with Crippen LogP contribution in [0.4, 0.5) is 4.79 Å². The predicted octanol–water partition coefficient (Wildman–Crippen LogP) is 9.95. The lowest BCUT2D eigenvalue weighted by Gasteiger charge is -2.36. The second kappa shape index (κ2) is 16.7. The van der Waals surface area contributed by atoms with Crippen LogP contribution in [0.2, 0.25) is 0 Å². The van der Waals surface area contributed by atoms with Crippen molar-refractivity contribution in [2.75, 3.05) is 12.4 Å². The minimum atomic E-state index is -1.14. The fourth-order valence-corrected chi connectivity index (χ4v) is 8.60. The Labute approximate surface area is 319 Å². The van der Waals surface area contributed by atoms with Crippen LogP contribution in [-0.2, 0) is 19.0 Å². The zero-order chi connectivity index (χ0) is 37.3. The number of rotatable bonds is 13. The summed E-state index contributed by atoms with van der Waals surface area (Å²) in [6, 6.07) is 54.2. The zero-order valence-electron chi connectivity index (χ0n) is 29.8. The second-order valence-corrected chi connectivity index (χ2v) is 14.3. The lowest BCUT2D eigenvalue weighted by atomic mass is 9.84. The third-order valence-corrected chi connectivity index (χ3v) is 11.2. The first-order valence-electron chi connectivity index (χ1n) is 17.9. The van der Waals surface area contributed by atoms with Gasteiger partial charge < -0.3 is 14.8 Å². The molecular weight excluding hydrogens is 691 g/mol. The maximum atomic E-state index is 14.1. The molecule has 1 aliphatic rings. The monoisotopic (exact) mass is 729 g/mol. The molecule has 0 radical (unpaired) electrons. The molecule has 0 saturated carbocycles. The quantitative estimate of drug-likeness (QED) is 0.0419. The van der Waals surface area contributed by atoms with Crippen LogP contribution in [-0.4, -0.2) is 36.2 Å². The van der Waals surface area contributed by atoms with Crippen molar-refractivity contribution in [3.8, 4) is 11.1 Å². The Hall–Kier alpha value is -6.18. The van der Waals surface area contributed by atoms with Gasteiger partial charge in [-0.3, -0.25) is 4.79 Å². The van der Waals surface area contributed by atoms with Crippen LogP contribution in [0, 0.1) is 0 Å². The topological polar surface area (TPSA) is 81.7 Å². The summed E-state index contributed by atoms with van der Waals surface area (Å²) >= 11 is 1.51. The van der Waals surface area contributed by atoms with Crippen LogP contribution in [0.1, 0.15) is 51.0 Å². The van der Waals surface area contributed by atoms with Gasteiger partial charge in [0.1, 0.15) is 18.4 Å². The van der Waals surface area contributed by atoms with Crippen molar-refractivity contribution >= 4 is 29.6 Å². The molecule has 1 amide bonds. The number of hydrogen-bond donors (Lipinski definition) is 1. The Morgan fingerprint density at radius 3 is 1.59 bits per heavy atom. The summed E-state index contributed by atoms with van der Waals surface area (Å²) in [6.45, 7) is 1.64. The zero-order valence-corrected chi connectivity index (χ0v) is 30.6. The predicted molar refractivity (Wildman–Crippen MR) is 214 cm³/mol. The average molecular weight is 730 g/mol. The van der Waals surface area contributed by atoms with E-state index in [0.29, 0.717) is 5.56 Å². The molecule has 7 rings (SSSR count). The molecule has 0 heterocycles. The molecule has 6 aromatic rings. The number of alkyl carbamates (subject to hydrolysis) is 1. The number of fused-ring (bicyclic) bond motifs is 3. The van der Waals surface area contributed by atoms with Gasteiger partial charge in [0, 0.05) is 23.3 Å². The van der Waals surface area contributed by atoms with Crippen molar-refractivity contribution < 1.29 is 23.9 Å². The number of ketones is 1. The third-order valence-electron chi connectivity index (χ3n) is 9.58. The number of ether oxygens (including phenoxy) is 2. The molecule has 6 aromatic carbocycles. The molecule has 0 aromatic heterocycles. The van der Waals surface area contributed by atoms with Crippen LogP contribution in [0.5, 0.6) is 0 Å². The van der Waals surface area contributed by atoms with Gasteiger partial charge in [-0.1, -0.05) is 170 Å². The molecule has 0 bridgehead atoms. The van der Waals surface area contributed by atoms with E-state index in [4.69, 9.17) is 9.47 Å². The van der Waals surface area contributed by atoms with Gasteiger partial charge in [0.25, 0.3) is 0 Å².